The summed E-state index contributed by atoms with van der Waals surface area (Å²) in [5.41, 5.74) is 3.23. The maximum atomic E-state index is 11.2. The molecule has 3 rings (SSSR count). The standard InChI is InChI=1S/C19H21NO3/c1-13-7-8-16-17(9-13)23-19(2,3)12-20(16)11-14-5-4-6-15(10-14)18(21)22/h4-10H,11-12H2,1-3H3,(H,21,22). The molecular formula is C19H21NO3. The van der Waals surface area contributed by atoms with Gasteiger partial charge in [0.15, 0.2) is 0 Å². The fourth-order valence-electron chi connectivity index (χ4n) is 3.00. The van der Waals surface area contributed by atoms with E-state index in [1.807, 2.05) is 13.0 Å². The van der Waals surface area contributed by atoms with E-state index in [2.05, 4.69) is 36.9 Å². The van der Waals surface area contributed by atoms with Gasteiger partial charge in [0.2, 0.25) is 0 Å². The largest absolute Gasteiger partial charge is 0.484 e. The van der Waals surface area contributed by atoms with Crippen LogP contribution in [0.15, 0.2) is 42.5 Å². The quantitative estimate of drug-likeness (QED) is 0.935. The number of aryl methyl sites for hydroxylation is 1. The van der Waals surface area contributed by atoms with Crippen LogP contribution in [0.3, 0.4) is 0 Å². The molecule has 0 amide bonds. The molecule has 4 heteroatoms. The molecule has 0 radical (unpaired) electrons. The van der Waals surface area contributed by atoms with Crippen molar-refractivity contribution in [2.45, 2.75) is 32.9 Å². The van der Waals surface area contributed by atoms with Crippen molar-refractivity contribution in [3.8, 4) is 5.75 Å². The predicted octanol–water partition coefficient (Wildman–Crippen LogP) is 3.87. The van der Waals surface area contributed by atoms with E-state index in [4.69, 9.17) is 9.84 Å². The number of hydrogen-bond acceptors (Lipinski definition) is 3. The first-order chi connectivity index (χ1) is 10.8. The first-order valence-corrected chi connectivity index (χ1v) is 7.71. The second kappa shape index (κ2) is 5.61. The van der Waals surface area contributed by atoms with Crippen LogP contribution in [0.5, 0.6) is 5.75 Å². The summed E-state index contributed by atoms with van der Waals surface area (Å²) in [7, 11) is 0. The van der Waals surface area contributed by atoms with Crippen LogP contribution in [0, 0.1) is 6.92 Å². The minimum Gasteiger partial charge on any atom is -0.484 e. The highest BCUT2D eigenvalue weighted by molar-refractivity contribution is 5.87. The summed E-state index contributed by atoms with van der Waals surface area (Å²) in [6.45, 7) is 7.59. The zero-order valence-electron chi connectivity index (χ0n) is 13.7. The number of carboxylic acid groups (broad SMARTS) is 1. The van der Waals surface area contributed by atoms with E-state index in [1.54, 1.807) is 18.2 Å². The van der Waals surface area contributed by atoms with Gasteiger partial charge in [-0.05, 0) is 56.2 Å². The molecule has 0 aliphatic carbocycles. The monoisotopic (exact) mass is 311 g/mol. The number of anilines is 1. The Morgan fingerprint density at radius 3 is 2.78 bits per heavy atom. The molecule has 120 valence electrons. The first-order valence-electron chi connectivity index (χ1n) is 7.71. The Hall–Kier alpha value is -2.49. The number of aromatic carboxylic acids is 1. The van der Waals surface area contributed by atoms with Crippen molar-refractivity contribution < 1.29 is 14.6 Å². The topological polar surface area (TPSA) is 49.8 Å². The average Bonchev–Trinajstić information content (AvgIpc) is 2.45. The SMILES string of the molecule is Cc1ccc2c(c1)OC(C)(C)CN2Cc1cccc(C(=O)O)c1. The van der Waals surface area contributed by atoms with Crippen molar-refractivity contribution in [3.05, 3.63) is 59.2 Å². The van der Waals surface area contributed by atoms with Gasteiger partial charge in [-0.3, -0.25) is 0 Å². The summed E-state index contributed by atoms with van der Waals surface area (Å²) >= 11 is 0. The number of fused-ring (bicyclic) bond motifs is 1. The molecule has 0 fully saturated rings. The third-order valence-electron chi connectivity index (χ3n) is 3.96. The molecule has 1 aliphatic rings. The molecule has 23 heavy (non-hydrogen) atoms. The third kappa shape index (κ3) is 3.31. The zero-order valence-corrected chi connectivity index (χ0v) is 13.7. The maximum Gasteiger partial charge on any atom is 0.335 e. The number of rotatable bonds is 3. The van der Waals surface area contributed by atoms with E-state index in [-0.39, 0.29) is 5.60 Å². The van der Waals surface area contributed by atoms with Crippen molar-refractivity contribution in [2.24, 2.45) is 0 Å². The van der Waals surface area contributed by atoms with Crippen LogP contribution >= 0.6 is 0 Å². The van der Waals surface area contributed by atoms with Gasteiger partial charge in [0.1, 0.15) is 11.4 Å². The molecule has 1 heterocycles. The summed E-state index contributed by atoms with van der Waals surface area (Å²) in [6.07, 6.45) is 0. The highest BCUT2D eigenvalue weighted by Gasteiger charge is 2.31. The average molecular weight is 311 g/mol. The number of nitrogens with zero attached hydrogens (tertiary/aromatic N) is 1. The Balaban J connectivity index is 1.94. The zero-order chi connectivity index (χ0) is 16.6. The predicted molar refractivity (Wildman–Crippen MR) is 90.3 cm³/mol. The summed E-state index contributed by atoms with van der Waals surface area (Å²) in [6, 6.07) is 13.3. The van der Waals surface area contributed by atoms with E-state index in [1.165, 1.54) is 0 Å². The van der Waals surface area contributed by atoms with Crippen LogP contribution in [0.1, 0.15) is 35.3 Å². The van der Waals surface area contributed by atoms with Gasteiger partial charge in [-0.1, -0.05) is 18.2 Å². The van der Waals surface area contributed by atoms with Gasteiger partial charge in [0, 0.05) is 6.54 Å². The van der Waals surface area contributed by atoms with Gasteiger partial charge in [-0.2, -0.15) is 0 Å². The van der Waals surface area contributed by atoms with E-state index < -0.39 is 5.97 Å². The molecule has 2 aromatic carbocycles. The molecule has 0 bridgehead atoms. The van der Waals surface area contributed by atoms with E-state index in [0.717, 1.165) is 29.1 Å². The number of ether oxygens (including phenoxy) is 1. The van der Waals surface area contributed by atoms with Gasteiger partial charge >= 0.3 is 5.97 Å². The van der Waals surface area contributed by atoms with Crippen LogP contribution in [0.25, 0.3) is 0 Å². The highest BCUT2D eigenvalue weighted by Crippen LogP contribution is 2.38. The lowest BCUT2D eigenvalue weighted by molar-refractivity contribution is 0.0696. The van der Waals surface area contributed by atoms with Crippen molar-refractivity contribution in [3.63, 3.8) is 0 Å². The summed E-state index contributed by atoms with van der Waals surface area (Å²) < 4.78 is 6.09. The fraction of sp³-hybridized carbons (Fsp3) is 0.316. The molecule has 0 saturated carbocycles. The summed E-state index contributed by atoms with van der Waals surface area (Å²) in [5, 5.41) is 9.15. The molecule has 0 unspecified atom stereocenters. The van der Waals surface area contributed by atoms with Gasteiger partial charge in [-0.25, -0.2) is 4.79 Å². The molecule has 1 N–H and O–H groups in total. The van der Waals surface area contributed by atoms with E-state index in [0.29, 0.717) is 12.1 Å². The van der Waals surface area contributed by atoms with Crippen molar-refractivity contribution >= 4 is 11.7 Å². The second-order valence-electron chi connectivity index (χ2n) is 6.69. The van der Waals surface area contributed by atoms with Gasteiger partial charge in [0.05, 0.1) is 17.8 Å². The van der Waals surface area contributed by atoms with E-state index >= 15 is 0 Å². The van der Waals surface area contributed by atoms with Crippen LogP contribution in [0.2, 0.25) is 0 Å². The fourth-order valence-corrected chi connectivity index (χ4v) is 3.00. The van der Waals surface area contributed by atoms with E-state index in [9.17, 15) is 4.79 Å². The molecule has 2 aromatic rings. The number of benzene rings is 2. The van der Waals surface area contributed by atoms with Crippen LogP contribution in [-0.2, 0) is 6.54 Å². The smallest absolute Gasteiger partial charge is 0.335 e. The van der Waals surface area contributed by atoms with Crippen LogP contribution in [-0.4, -0.2) is 23.2 Å². The number of carboxylic acids is 1. The lowest BCUT2D eigenvalue weighted by Gasteiger charge is -2.41. The van der Waals surface area contributed by atoms with Gasteiger partial charge in [-0.15, -0.1) is 0 Å². The Bertz CT molecular complexity index is 752. The first kappa shape index (κ1) is 15.4. The minimum absolute atomic E-state index is 0.287. The maximum absolute atomic E-state index is 11.2. The summed E-state index contributed by atoms with van der Waals surface area (Å²) in [4.78, 5) is 13.4. The van der Waals surface area contributed by atoms with Crippen LogP contribution < -0.4 is 9.64 Å². The van der Waals surface area contributed by atoms with Gasteiger partial charge in [0.25, 0.3) is 0 Å². The van der Waals surface area contributed by atoms with Crippen molar-refractivity contribution in [1.82, 2.24) is 0 Å². The van der Waals surface area contributed by atoms with Gasteiger partial charge < -0.3 is 14.7 Å². The Kier molecular flexibility index (Phi) is 3.76. The highest BCUT2D eigenvalue weighted by atomic mass is 16.5. The lowest BCUT2D eigenvalue weighted by atomic mass is 10.0. The Morgan fingerprint density at radius 1 is 1.26 bits per heavy atom. The molecule has 1 aliphatic heterocycles. The normalized spacial score (nSPS) is 15.7. The molecule has 0 atom stereocenters. The molecule has 0 spiro atoms. The molecule has 0 saturated heterocycles. The minimum atomic E-state index is -0.898. The number of carbonyl (C=O) groups is 1. The number of hydrogen-bond donors (Lipinski definition) is 1. The second-order valence-corrected chi connectivity index (χ2v) is 6.69. The Morgan fingerprint density at radius 2 is 2.04 bits per heavy atom. The molecule has 4 nitrogen and oxygen atoms in total. The lowest BCUT2D eigenvalue weighted by Crippen LogP contribution is -2.46. The van der Waals surface area contributed by atoms with Crippen molar-refractivity contribution in [2.75, 3.05) is 11.4 Å². The van der Waals surface area contributed by atoms with Crippen molar-refractivity contribution in [1.29, 1.82) is 0 Å². The third-order valence-corrected chi connectivity index (χ3v) is 3.96. The van der Waals surface area contributed by atoms with Crippen LogP contribution in [0.4, 0.5) is 5.69 Å². The summed E-state index contributed by atoms with van der Waals surface area (Å²) in [5.74, 6) is -0.0131. The Labute approximate surface area is 136 Å². The molecule has 0 aromatic heterocycles. The molecular weight excluding hydrogens is 290 g/mol.